The lowest BCUT2D eigenvalue weighted by molar-refractivity contribution is -0.112. The molecule has 0 bridgehead atoms. The standard InChI is InChI=1S/C14H28N2O2/c1-3-18-13-7-14(8-13,11-15)16-6-4-5-12(9-16)10-17-2/h12-13H,3-11,15H2,1-2H3. The predicted octanol–water partition coefficient (Wildman–Crippen LogP) is 1.24. The molecule has 1 heterocycles. The number of methoxy groups -OCH3 is 1. The molecule has 2 aliphatic rings. The van der Waals surface area contributed by atoms with Crippen LogP contribution in [0.25, 0.3) is 0 Å². The van der Waals surface area contributed by atoms with Gasteiger partial charge in [0.25, 0.3) is 0 Å². The molecule has 0 aromatic carbocycles. The average molecular weight is 256 g/mol. The molecule has 0 amide bonds. The maximum absolute atomic E-state index is 6.05. The molecular weight excluding hydrogens is 228 g/mol. The quantitative estimate of drug-likeness (QED) is 0.777. The summed E-state index contributed by atoms with van der Waals surface area (Å²) in [5.74, 6) is 0.679. The van der Waals surface area contributed by atoms with E-state index >= 15 is 0 Å². The molecule has 1 unspecified atom stereocenters. The van der Waals surface area contributed by atoms with Crippen molar-refractivity contribution in [3.05, 3.63) is 0 Å². The second kappa shape index (κ2) is 6.33. The van der Waals surface area contributed by atoms with Crippen molar-refractivity contribution in [1.82, 2.24) is 4.90 Å². The Morgan fingerprint density at radius 1 is 1.39 bits per heavy atom. The van der Waals surface area contributed by atoms with Gasteiger partial charge in [-0.15, -0.1) is 0 Å². The zero-order valence-corrected chi connectivity index (χ0v) is 11.9. The molecule has 106 valence electrons. The van der Waals surface area contributed by atoms with E-state index < -0.39 is 0 Å². The average Bonchev–Trinajstić information content (AvgIpc) is 2.34. The Labute approximate surface area is 111 Å². The molecular formula is C14H28N2O2. The van der Waals surface area contributed by atoms with Gasteiger partial charge in [-0.3, -0.25) is 4.90 Å². The number of hydrogen-bond acceptors (Lipinski definition) is 4. The topological polar surface area (TPSA) is 47.7 Å². The maximum Gasteiger partial charge on any atom is 0.0611 e. The van der Waals surface area contributed by atoms with E-state index in [2.05, 4.69) is 11.8 Å². The summed E-state index contributed by atoms with van der Waals surface area (Å²) in [5.41, 5.74) is 6.26. The van der Waals surface area contributed by atoms with Gasteiger partial charge in [-0.1, -0.05) is 0 Å². The van der Waals surface area contributed by atoms with Crippen molar-refractivity contribution in [2.24, 2.45) is 11.7 Å². The molecule has 4 nitrogen and oxygen atoms in total. The van der Waals surface area contributed by atoms with Crippen LogP contribution in [-0.4, -0.2) is 56.5 Å². The summed E-state index contributed by atoms with van der Waals surface area (Å²) >= 11 is 0. The summed E-state index contributed by atoms with van der Waals surface area (Å²) in [6.45, 7) is 6.86. The first-order valence-corrected chi connectivity index (χ1v) is 7.29. The molecule has 1 saturated heterocycles. The molecule has 0 aromatic rings. The first-order chi connectivity index (χ1) is 8.74. The second-order valence-electron chi connectivity index (χ2n) is 5.82. The molecule has 18 heavy (non-hydrogen) atoms. The monoisotopic (exact) mass is 256 g/mol. The third-order valence-electron chi connectivity index (χ3n) is 4.59. The molecule has 2 N–H and O–H groups in total. The Morgan fingerprint density at radius 3 is 2.78 bits per heavy atom. The largest absolute Gasteiger partial charge is 0.384 e. The lowest BCUT2D eigenvalue weighted by Gasteiger charge is -2.55. The fourth-order valence-electron chi connectivity index (χ4n) is 3.56. The Kier molecular flexibility index (Phi) is 5.01. The second-order valence-corrected chi connectivity index (χ2v) is 5.82. The van der Waals surface area contributed by atoms with Gasteiger partial charge in [-0.2, -0.15) is 0 Å². The molecule has 0 spiro atoms. The van der Waals surface area contributed by atoms with Gasteiger partial charge in [-0.05, 0) is 45.1 Å². The van der Waals surface area contributed by atoms with Crippen molar-refractivity contribution in [2.45, 2.75) is 44.2 Å². The van der Waals surface area contributed by atoms with E-state index in [1.54, 1.807) is 7.11 Å². The van der Waals surface area contributed by atoms with Gasteiger partial charge in [0, 0.05) is 32.3 Å². The predicted molar refractivity (Wildman–Crippen MR) is 72.6 cm³/mol. The van der Waals surface area contributed by atoms with Gasteiger partial charge in [0.1, 0.15) is 0 Å². The fourth-order valence-corrected chi connectivity index (χ4v) is 3.56. The van der Waals surface area contributed by atoms with Crippen LogP contribution in [0.2, 0.25) is 0 Å². The Bertz CT molecular complexity index is 252. The highest BCUT2D eigenvalue weighted by Crippen LogP contribution is 2.41. The van der Waals surface area contributed by atoms with Crippen LogP contribution in [0.1, 0.15) is 32.6 Å². The van der Waals surface area contributed by atoms with Gasteiger partial charge in [-0.25, -0.2) is 0 Å². The van der Waals surface area contributed by atoms with E-state index in [1.165, 1.54) is 19.4 Å². The van der Waals surface area contributed by atoms with E-state index in [9.17, 15) is 0 Å². The van der Waals surface area contributed by atoms with Crippen molar-refractivity contribution >= 4 is 0 Å². The van der Waals surface area contributed by atoms with E-state index in [0.29, 0.717) is 12.0 Å². The van der Waals surface area contributed by atoms with Crippen molar-refractivity contribution in [3.8, 4) is 0 Å². The van der Waals surface area contributed by atoms with Crippen LogP contribution in [0, 0.1) is 5.92 Å². The van der Waals surface area contributed by atoms with Gasteiger partial charge < -0.3 is 15.2 Å². The first kappa shape index (κ1) is 14.3. The Balaban J connectivity index is 1.88. The summed E-state index contributed by atoms with van der Waals surface area (Å²) in [4.78, 5) is 2.61. The zero-order valence-electron chi connectivity index (χ0n) is 11.9. The van der Waals surface area contributed by atoms with Crippen molar-refractivity contribution in [2.75, 3.05) is 40.0 Å². The minimum absolute atomic E-state index is 0.215. The van der Waals surface area contributed by atoms with E-state index in [1.807, 2.05) is 0 Å². The molecule has 2 fully saturated rings. The number of ether oxygens (including phenoxy) is 2. The van der Waals surface area contributed by atoms with Crippen LogP contribution in [0.3, 0.4) is 0 Å². The number of likely N-dealkylation sites (tertiary alicyclic amines) is 1. The number of rotatable bonds is 6. The van der Waals surface area contributed by atoms with Crippen LogP contribution in [-0.2, 0) is 9.47 Å². The smallest absolute Gasteiger partial charge is 0.0611 e. The maximum atomic E-state index is 6.05. The Hall–Kier alpha value is -0.160. The van der Waals surface area contributed by atoms with Gasteiger partial charge in [0.05, 0.1) is 12.7 Å². The highest BCUT2D eigenvalue weighted by atomic mass is 16.5. The molecule has 1 aliphatic carbocycles. The molecule has 2 rings (SSSR count). The molecule has 1 saturated carbocycles. The van der Waals surface area contributed by atoms with Crippen LogP contribution in [0.4, 0.5) is 0 Å². The zero-order chi connectivity index (χ0) is 13.0. The van der Waals surface area contributed by atoms with Crippen LogP contribution >= 0.6 is 0 Å². The highest BCUT2D eigenvalue weighted by Gasteiger charge is 2.48. The highest BCUT2D eigenvalue weighted by molar-refractivity contribution is 5.05. The molecule has 0 radical (unpaired) electrons. The summed E-state index contributed by atoms with van der Waals surface area (Å²) in [6.07, 6.45) is 5.21. The third kappa shape index (κ3) is 2.87. The number of nitrogens with zero attached hydrogens (tertiary/aromatic N) is 1. The minimum atomic E-state index is 0.215. The van der Waals surface area contributed by atoms with Crippen LogP contribution in [0.5, 0.6) is 0 Å². The Morgan fingerprint density at radius 2 is 2.17 bits per heavy atom. The normalized spacial score (nSPS) is 37.5. The van der Waals surface area contributed by atoms with Crippen LogP contribution in [0.15, 0.2) is 0 Å². The van der Waals surface area contributed by atoms with Gasteiger partial charge in [0.15, 0.2) is 0 Å². The summed E-state index contributed by atoms with van der Waals surface area (Å²) in [5, 5.41) is 0. The van der Waals surface area contributed by atoms with Gasteiger partial charge >= 0.3 is 0 Å². The van der Waals surface area contributed by atoms with Crippen molar-refractivity contribution in [3.63, 3.8) is 0 Å². The van der Waals surface area contributed by atoms with Crippen molar-refractivity contribution in [1.29, 1.82) is 0 Å². The molecule has 4 heteroatoms. The van der Waals surface area contributed by atoms with Crippen molar-refractivity contribution < 1.29 is 9.47 Å². The lowest BCUT2D eigenvalue weighted by Crippen LogP contribution is -2.65. The number of piperidine rings is 1. The SMILES string of the molecule is CCOC1CC(CN)(N2CCCC(COC)C2)C1. The lowest BCUT2D eigenvalue weighted by atomic mass is 9.71. The first-order valence-electron chi connectivity index (χ1n) is 7.29. The number of hydrogen-bond donors (Lipinski definition) is 1. The summed E-state index contributed by atoms with van der Waals surface area (Å²) in [7, 11) is 1.80. The molecule has 1 atom stereocenters. The summed E-state index contributed by atoms with van der Waals surface area (Å²) < 4.78 is 11.0. The minimum Gasteiger partial charge on any atom is -0.384 e. The molecule has 0 aromatic heterocycles. The fraction of sp³-hybridized carbons (Fsp3) is 1.00. The van der Waals surface area contributed by atoms with Crippen LogP contribution < -0.4 is 5.73 Å². The van der Waals surface area contributed by atoms with E-state index in [-0.39, 0.29) is 5.54 Å². The van der Waals surface area contributed by atoms with E-state index in [0.717, 1.165) is 39.1 Å². The number of nitrogens with two attached hydrogens (primary N) is 1. The molecule has 1 aliphatic heterocycles. The van der Waals surface area contributed by atoms with Gasteiger partial charge in [0.2, 0.25) is 0 Å². The third-order valence-corrected chi connectivity index (χ3v) is 4.59. The summed E-state index contributed by atoms with van der Waals surface area (Å²) in [6, 6.07) is 0. The van der Waals surface area contributed by atoms with E-state index in [4.69, 9.17) is 15.2 Å².